The largest absolute Gasteiger partial charge is 0.492 e. The predicted molar refractivity (Wildman–Crippen MR) is 96.1 cm³/mol. The van der Waals surface area contributed by atoms with Crippen LogP contribution in [0.25, 0.3) is 0 Å². The zero-order valence-electron chi connectivity index (χ0n) is 14.6. The van der Waals surface area contributed by atoms with Gasteiger partial charge in [0.1, 0.15) is 12.4 Å². The lowest BCUT2D eigenvalue weighted by atomic mass is 9.87. The number of rotatable bonds is 3. The summed E-state index contributed by atoms with van der Waals surface area (Å²) in [5, 5.41) is 3.04. The van der Waals surface area contributed by atoms with E-state index in [9.17, 15) is 4.79 Å². The van der Waals surface area contributed by atoms with Gasteiger partial charge in [0.2, 0.25) is 5.91 Å². The highest BCUT2D eigenvalue weighted by Gasteiger charge is 2.25. The van der Waals surface area contributed by atoms with E-state index < -0.39 is 0 Å². The van der Waals surface area contributed by atoms with Crippen LogP contribution in [-0.4, -0.2) is 12.5 Å². The van der Waals surface area contributed by atoms with Crippen molar-refractivity contribution < 1.29 is 9.53 Å². The molecule has 0 bridgehead atoms. The van der Waals surface area contributed by atoms with Gasteiger partial charge < -0.3 is 10.1 Å². The predicted octanol–water partition coefficient (Wildman–Crippen LogP) is 3.85. The molecule has 3 heteroatoms. The summed E-state index contributed by atoms with van der Waals surface area (Å²) in [5.41, 5.74) is 3.68. The molecular weight excluding hydrogens is 298 g/mol. The third-order valence-electron chi connectivity index (χ3n) is 4.54. The Hall–Kier alpha value is -2.29. The van der Waals surface area contributed by atoms with E-state index in [0.29, 0.717) is 13.2 Å². The average Bonchev–Trinajstić information content (AvgIpc) is 2.59. The first-order valence-electron chi connectivity index (χ1n) is 8.51. The zero-order valence-corrected chi connectivity index (χ0v) is 14.6. The second kappa shape index (κ2) is 6.68. The second-order valence-corrected chi connectivity index (χ2v) is 7.48. The monoisotopic (exact) mass is 323 g/mol. The molecule has 1 atom stereocenters. The third kappa shape index (κ3) is 3.78. The summed E-state index contributed by atoms with van der Waals surface area (Å²) < 4.78 is 5.70. The number of carbonyl (C=O) groups excluding carboxylic acids is 1. The molecule has 0 radical (unpaired) electrons. The molecule has 1 heterocycles. The van der Waals surface area contributed by atoms with Crippen LogP contribution in [0, 0.1) is 5.92 Å². The van der Waals surface area contributed by atoms with E-state index in [1.54, 1.807) is 0 Å². The minimum absolute atomic E-state index is 0.0596. The Balaban J connectivity index is 1.56. The smallest absolute Gasteiger partial charge is 0.227 e. The molecule has 3 nitrogen and oxygen atoms in total. The maximum Gasteiger partial charge on any atom is 0.227 e. The summed E-state index contributed by atoms with van der Waals surface area (Å²) in [4.78, 5) is 12.4. The molecule has 0 saturated carbocycles. The molecule has 0 fully saturated rings. The summed E-state index contributed by atoms with van der Waals surface area (Å²) in [5.74, 6) is 0.845. The van der Waals surface area contributed by atoms with Gasteiger partial charge in [-0.15, -0.1) is 0 Å². The molecule has 0 saturated heterocycles. The van der Waals surface area contributed by atoms with Crippen LogP contribution in [0.1, 0.15) is 37.5 Å². The summed E-state index contributed by atoms with van der Waals surface area (Å²) in [6.07, 6.45) is 0.741. The molecule has 24 heavy (non-hydrogen) atoms. The van der Waals surface area contributed by atoms with E-state index in [1.165, 1.54) is 5.56 Å². The zero-order chi connectivity index (χ0) is 17.2. The molecular formula is C21H25NO2. The fraction of sp³-hybridized carbons (Fsp3) is 0.381. The molecule has 1 unspecified atom stereocenters. The highest BCUT2D eigenvalue weighted by molar-refractivity contribution is 5.79. The van der Waals surface area contributed by atoms with Gasteiger partial charge in [0.15, 0.2) is 0 Å². The van der Waals surface area contributed by atoms with Crippen LogP contribution in [0.3, 0.4) is 0 Å². The summed E-state index contributed by atoms with van der Waals surface area (Å²) in [6, 6.07) is 16.4. The normalized spacial score (nSPS) is 16.9. The summed E-state index contributed by atoms with van der Waals surface area (Å²) >= 11 is 0. The number of hydrogen-bond acceptors (Lipinski definition) is 2. The Labute approximate surface area is 144 Å². The van der Waals surface area contributed by atoms with Gasteiger partial charge in [-0.25, -0.2) is 0 Å². The average molecular weight is 323 g/mol. The number of benzene rings is 2. The fourth-order valence-corrected chi connectivity index (χ4v) is 2.95. The van der Waals surface area contributed by atoms with Crippen molar-refractivity contribution in [2.45, 2.75) is 39.2 Å². The lowest BCUT2D eigenvalue weighted by Crippen LogP contribution is -2.37. The van der Waals surface area contributed by atoms with Crippen LogP contribution in [0.15, 0.2) is 48.5 Å². The van der Waals surface area contributed by atoms with Gasteiger partial charge in [0.05, 0.1) is 5.92 Å². The van der Waals surface area contributed by atoms with Crippen molar-refractivity contribution in [3.05, 3.63) is 65.2 Å². The Morgan fingerprint density at radius 1 is 1.12 bits per heavy atom. The van der Waals surface area contributed by atoms with Crippen molar-refractivity contribution in [1.82, 2.24) is 5.32 Å². The molecule has 0 aliphatic carbocycles. The van der Waals surface area contributed by atoms with E-state index in [4.69, 9.17) is 4.74 Å². The number of hydrogen-bond donors (Lipinski definition) is 1. The van der Waals surface area contributed by atoms with Crippen LogP contribution in [0.2, 0.25) is 0 Å². The summed E-state index contributed by atoms with van der Waals surface area (Å²) in [6.45, 7) is 7.60. The number of carbonyl (C=O) groups is 1. The lowest BCUT2D eigenvalue weighted by Gasteiger charge is -2.24. The van der Waals surface area contributed by atoms with Crippen molar-refractivity contribution in [2.75, 3.05) is 6.61 Å². The van der Waals surface area contributed by atoms with Crippen molar-refractivity contribution >= 4 is 5.91 Å². The fourth-order valence-electron chi connectivity index (χ4n) is 2.95. The molecule has 0 aromatic heterocycles. The maximum absolute atomic E-state index is 12.4. The molecule has 2 aromatic rings. The van der Waals surface area contributed by atoms with Gasteiger partial charge in [0.25, 0.3) is 0 Å². The first kappa shape index (κ1) is 16.6. The molecule has 1 amide bonds. The highest BCUT2D eigenvalue weighted by atomic mass is 16.5. The van der Waals surface area contributed by atoms with Gasteiger partial charge in [-0.2, -0.15) is 0 Å². The van der Waals surface area contributed by atoms with E-state index in [2.05, 4.69) is 50.4 Å². The minimum Gasteiger partial charge on any atom is -0.492 e. The second-order valence-electron chi connectivity index (χ2n) is 7.48. The number of para-hydroxylation sites is 1. The van der Waals surface area contributed by atoms with Crippen LogP contribution < -0.4 is 10.1 Å². The van der Waals surface area contributed by atoms with Crippen LogP contribution in [0.5, 0.6) is 5.75 Å². The number of nitrogens with one attached hydrogen (secondary N) is 1. The minimum atomic E-state index is -0.117. The Kier molecular flexibility index (Phi) is 4.61. The third-order valence-corrected chi connectivity index (χ3v) is 4.54. The number of ether oxygens (including phenoxy) is 1. The molecule has 1 aliphatic rings. The Morgan fingerprint density at radius 3 is 2.54 bits per heavy atom. The SMILES string of the molecule is CC(C)(C)c1ccc(CNC(=O)C2COc3ccccc3C2)cc1. The molecule has 0 spiro atoms. The van der Waals surface area contributed by atoms with Crippen molar-refractivity contribution in [1.29, 1.82) is 0 Å². The van der Waals surface area contributed by atoms with E-state index in [1.807, 2.05) is 24.3 Å². The first-order valence-corrected chi connectivity index (χ1v) is 8.51. The quantitative estimate of drug-likeness (QED) is 0.931. The lowest BCUT2D eigenvalue weighted by molar-refractivity contribution is -0.126. The van der Waals surface area contributed by atoms with E-state index in [0.717, 1.165) is 23.3 Å². The first-order chi connectivity index (χ1) is 11.4. The number of amides is 1. The highest BCUT2D eigenvalue weighted by Crippen LogP contribution is 2.27. The topological polar surface area (TPSA) is 38.3 Å². The Bertz CT molecular complexity index is 713. The van der Waals surface area contributed by atoms with Gasteiger partial charge in [-0.1, -0.05) is 63.2 Å². The van der Waals surface area contributed by atoms with Gasteiger partial charge in [-0.05, 0) is 34.6 Å². The van der Waals surface area contributed by atoms with E-state index in [-0.39, 0.29) is 17.2 Å². The van der Waals surface area contributed by atoms with Crippen molar-refractivity contribution in [3.63, 3.8) is 0 Å². The summed E-state index contributed by atoms with van der Waals surface area (Å²) in [7, 11) is 0. The molecule has 1 N–H and O–H groups in total. The van der Waals surface area contributed by atoms with Gasteiger partial charge in [0, 0.05) is 6.54 Å². The standard InChI is InChI=1S/C21H25NO2/c1-21(2,3)18-10-8-15(9-11-18)13-22-20(23)17-12-16-6-4-5-7-19(16)24-14-17/h4-11,17H,12-14H2,1-3H3,(H,22,23). The Morgan fingerprint density at radius 2 is 1.83 bits per heavy atom. The van der Waals surface area contributed by atoms with Crippen LogP contribution in [0.4, 0.5) is 0 Å². The van der Waals surface area contributed by atoms with Crippen LogP contribution >= 0.6 is 0 Å². The molecule has 3 rings (SSSR count). The molecule has 2 aromatic carbocycles. The molecule has 126 valence electrons. The van der Waals surface area contributed by atoms with Crippen LogP contribution in [-0.2, 0) is 23.2 Å². The molecule has 1 aliphatic heterocycles. The number of fused-ring (bicyclic) bond motifs is 1. The maximum atomic E-state index is 12.4. The van der Waals surface area contributed by atoms with E-state index >= 15 is 0 Å². The van der Waals surface area contributed by atoms with Crippen molar-refractivity contribution in [3.8, 4) is 5.75 Å². The van der Waals surface area contributed by atoms with Crippen molar-refractivity contribution in [2.24, 2.45) is 5.92 Å². The van der Waals surface area contributed by atoms with Gasteiger partial charge in [-0.3, -0.25) is 4.79 Å². The van der Waals surface area contributed by atoms with Gasteiger partial charge >= 0.3 is 0 Å².